The van der Waals surface area contributed by atoms with Gasteiger partial charge in [-0.15, -0.1) is 11.3 Å². The molecule has 0 saturated carbocycles. The van der Waals surface area contributed by atoms with Gasteiger partial charge < -0.3 is 14.5 Å². The van der Waals surface area contributed by atoms with Crippen molar-refractivity contribution in [2.24, 2.45) is 0 Å². The van der Waals surface area contributed by atoms with Gasteiger partial charge in [0.25, 0.3) is 5.56 Å². The van der Waals surface area contributed by atoms with Gasteiger partial charge in [-0.25, -0.2) is 4.98 Å². The highest BCUT2D eigenvalue weighted by atomic mass is 32.1. The van der Waals surface area contributed by atoms with E-state index in [2.05, 4.69) is 60.1 Å². The molecule has 0 bridgehead atoms. The number of thiophene rings is 1. The van der Waals surface area contributed by atoms with Crippen LogP contribution in [0.1, 0.15) is 40.7 Å². The summed E-state index contributed by atoms with van der Waals surface area (Å²) >= 11 is 1.60. The van der Waals surface area contributed by atoms with Crippen LogP contribution < -0.4 is 15.0 Å². The molecular formula is C27H27N3O3S. The molecular weight excluding hydrogens is 446 g/mol. The lowest BCUT2D eigenvalue weighted by molar-refractivity contribution is 0.170. The van der Waals surface area contributed by atoms with Gasteiger partial charge in [-0.3, -0.25) is 9.69 Å². The number of benzene rings is 2. The molecule has 34 heavy (non-hydrogen) atoms. The van der Waals surface area contributed by atoms with E-state index in [0.29, 0.717) is 25.1 Å². The van der Waals surface area contributed by atoms with Gasteiger partial charge in [0.05, 0.1) is 11.9 Å². The third kappa shape index (κ3) is 3.79. The maximum atomic E-state index is 13.2. The molecule has 2 aromatic carbocycles. The molecule has 1 saturated heterocycles. The smallest absolute Gasteiger partial charge is 0.260 e. The maximum Gasteiger partial charge on any atom is 0.260 e. The third-order valence-electron chi connectivity index (χ3n) is 6.79. The summed E-state index contributed by atoms with van der Waals surface area (Å²) < 4.78 is 11.5. The van der Waals surface area contributed by atoms with Gasteiger partial charge in [0.1, 0.15) is 23.9 Å². The Morgan fingerprint density at radius 3 is 2.71 bits per heavy atom. The number of rotatable bonds is 4. The molecule has 2 aromatic heterocycles. The third-order valence-corrected chi connectivity index (χ3v) is 7.79. The van der Waals surface area contributed by atoms with E-state index in [9.17, 15) is 4.79 Å². The van der Waals surface area contributed by atoms with E-state index in [-0.39, 0.29) is 11.6 Å². The van der Waals surface area contributed by atoms with Crippen molar-refractivity contribution in [3.8, 4) is 22.6 Å². The van der Waals surface area contributed by atoms with Gasteiger partial charge in [-0.05, 0) is 56.5 Å². The van der Waals surface area contributed by atoms with Crippen LogP contribution in [-0.4, -0.2) is 34.6 Å². The van der Waals surface area contributed by atoms with Crippen LogP contribution in [0.2, 0.25) is 0 Å². The number of ether oxygens (including phenoxy) is 2. The summed E-state index contributed by atoms with van der Waals surface area (Å²) in [6.45, 7) is 6.90. The fourth-order valence-corrected chi connectivity index (χ4v) is 6.22. The van der Waals surface area contributed by atoms with Crippen molar-refractivity contribution in [3.05, 3.63) is 74.6 Å². The zero-order chi connectivity index (χ0) is 23.2. The molecule has 2 aliphatic rings. The molecule has 1 fully saturated rings. The van der Waals surface area contributed by atoms with Gasteiger partial charge >= 0.3 is 0 Å². The predicted molar refractivity (Wildman–Crippen MR) is 135 cm³/mol. The lowest BCUT2D eigenvalue weighted by Gasteiger charge is -2.26. The number of aromatic nitrogens is 2. The quantitative estimate of drug-likeness (QED) is 0.431. The molecule has 0 unspecified atom stereocenters. The van der Waals surface area contributed by atoms with Crippen LogP contribution in [0.15, 0.2) is 47.3 Å². The van der Waals surface area contributed by atoms with E-state index in [0.717, 1.165) is 57.5 Å². The maximum absolute atomic E-state index is 13.2. The van der Waals surface area contributed by atoms with E-state index < -0.39 is 0 Å². The molecule has 0 spiro atoms. The number of nitrogens with one attached hydrogen (secondary N) is 1. The molecule has 1 atom stereocenters. The minimum absolute atomic E-state index is 0.0602. The topological polar surface area (TPSA) is 67.5 Å². The number of nitrogens with zero attached hydrogens (tertiary/aromatic N) is 2. The first-order valence-corrected chi connectivity index (χ1v) is 12.6. The average molecular weight is 474 g/mol. The fourth-order valence-electron chi connectivity index (χ4n) is 5.16. The molecule has 6 rings (SSSR count). The summed E-state index contributed by atoms with van der Waals surface area (Å²) in [6, 6.07) is 14.8. The van der Waals surface area contributed by atoms with E-state index in [1.165, 1.54) is 11.1 Å². The Kier molecular flexibility index (Phi) is 5.38. The van der Waals surface area contributed by atoms with Crippen LogP contribution in [0.4, 0.5) is 0 Å². The fraction of sp³-hybridized carbons (Fsp3) is 0.333. The lowest BCUT2D eigenvalue weighted by Crippen LogP contribution is -2.26. The molecule has 1 N–H and O–H groups in total. The van der Waals surface area contributed by atoms with E-state index >= 15 is 0 Å². The van der Waals surface area contributed by atoms with Crippen LogP contribution in [0.5, 0.6) is 11.5 Å². The number of aromatic amines is 1. The predicted octanol–water partition coefficient (Wildman–Crippen LogP) is 5.38. The molecule has 2 aliphatic heterocycles. The number of hydrogen-bond donors (Lipinski definition) is 1. The van der Waals surface area contributed by atoms with Crippen molar-refractivity contribution in [3.63, 3.8) is 0 Å². The summed E-state index contributed by atoms with van der Waals surface area (Å²) in [5.41, 5.74) is 4.42. The molecule has 0 aliphatic carbocycles. The van der Waals surface area contributed by atoms with E-state index in [1.807, 2.05) is 6.07 Å². The van der Waals surface area contributed by atoms with Gasteiger partial charge in [0.2, 0.25) is 0 Å². The Bertz CT molecular complexity index is 1420. The Labute approximate surface area is 202 Å². The number of fused-ring (bicyclic) bond motifs is 2. The van der Waals surface area contributed by atoms with Crippen LogP contribution in [0, 0.1) is 13.8 Å². The molecule has 0 amide bonds. The first-order valence-electron chi connectivity index (χ1n) is 11.8. The summed E-state index contributed by atoms with van der Waals surface area (Å²) in [5, 5.41) is 0.694. The van der Waals surface area contributed by atoms with Crippen LogP contribution in [0.25, 0.3) is 21.3 Å². The zero-order valence-electron chi connectivity index (χ0n) is 19.4. The van der Waals surface area contributed by atoms with Crippen LogP contribution in [-0.2, 0) is 6.54 Å². The molecule has 6 nitrogen and oxygen atoms in total. The highest BCUT2D eigenvalue weighted by Gasteiger charge is 2.28. The Balaban J connectivity index is 1.31. The van der Waals surface area contributed by atoms with E-state index in [1.54, 1.807) is 11.3 Å². The first kappa shape index (κ1) is 21.4. The largest absolute Gasteiger partial charge is 0.486 e. The van der Waals surface area contributed by atoms with Gasteiger partial charge in [-0.2, -0.15) is 0 Å². The molecule has 174 valence electrons. The second kappa shape index (κ2) is 8.56. The summed E-state index contributed by atoms with van der Waals surface area (Å²) in [4.78, 5) is 25.5. The van der Waals surface area contributed by atoms with Crippen molar-refractivity contribution in [1.82, 2.24) is 14.9 Å². The van der Waals surface area contributed by atoms with Crippen molar-refractivity contribution in [1.29, 1.82) is 0 Å². The van der Waals surface area contributed by atoms with Crippen molar-refractivity contribution in [2.75, 3.05) is 19.8 Å². The zero-order valence-corrected chi connectivity index (χ0v) is 20.2. The molecule has 4 aromatic rings. The second-order valence-electron chi connectivity index (χ2n) is 9.12. The Morgan fingerprint density at radius 2 is 1.88 bits per heavy atom. The lowest BCUT2D eigenvalue weighted by atomic mass is 10.0. The first-order chi connectivity index (χ1) is 16.6. The standard InChI is InChI=1S/C27H27N3O3S/c1-16-5-7-18(8-6-16)24-17(2)34-27-25(24)26(31)28-23(29-27)15-30-11-3-4-20(30)19-9-10-21-22(14-19)33-13-12-32-21/h5-10,14,20H,3-4,11-13,15H2,1-2H3,(H,28,29,31)/t20-/m1/s1. The van der Waals surface area contributed by atoms with Crippen LogP contribution in [0.3, 0.4) is 0 Å². The Hall–Kier alpha value is -3.16. The summed E-state index contributed by atoms with van der Waals surface area (Å²) in [7, 11) is 0. The highest BCUT2D eigenvalue weighted by molar-refractivity contribution is 7.19. The minimum Gasteiger partial charge on any atom is -0.486 e. The normalized spacial score (nSPS) is 18.0. The number of H-pyrrole nitrogens is 1. The Morgan fingerprint density at radius 1 is 1.09 bits per heavy atom. The van der Waals surface area contributed by atoms with E-state index in [4.69, 9.17) is 14.5 Å². The van der Waals surface area contributed by atoms with Gasteiger partial charge in [-0.1, -0.05) is 35.9 Å². The second-order valence-corrected chi connectivity index (χ2v) is 10.3. The van der Waals surface area contributed by atoms with Crippen LogP contribution >= 0.6 is 11.3 Å². The molecule has 7 heteroatoms. The summed E-state index contributed by atoms with van der Waals surface area (Å²) in [6.07, 6.45) is 2.18. The monoisotopic (exact) mass is 473 g/mol. The minimum atomic E-state index is -0.0602. The summed E-state index contributed by atoms with van der Waals surface area (Å²) in [5.74, 6) is 2.35. The van der Waals surface area contributed by atoms with Crippen molar-refractivity contribution < 1.29 is 9.47 Å². The number of aryl methyl sites for hydroxylation is 2. The number of hydrogen-bond acceptors (Lipinski definition) is 6. The van der Waals surface area contributed by atoms with Gasteiger partial charge in [0.15, 0.2) is 11.5 Å². The number of likely N-dealkylation sites (tertiary alicyclic amines) is 1. The SMILES string of the molecule is Cc1ccc(-c2c(C)sc3nc(CN4CCC[C@@H]4c4ccc5c(c4)OCCO5)[nH]c(=O)c23)cc1. The molecule has 0 radical (unpaired) electrons. The average Bonchev–Trinajstić information content (AvgIpc) is 3.43. The van der Waals surface area contributed by atoms with Crippen molar-refractivity contribution >= 4 is 21.6 Å². The molecule has 4 heterocycles. The van der Waals surface area contributed by atoms with Gasteiger partial charge in [0, 0.05) is 16.5 Å². The van der Waals surface area contributed by atoms with Crippen molar-refractivity contribution in [2.45, 2.75) is 39.3 Å². The highest BCUT2D eigenvalue weighted by Crippen LogP contribution is 2.39.